The van der Waals surface area contributed by atoms with Gasteiger partial charge in [0.15, 0.2) is 11.6 Å². The van der Waals surface area contributed by atoms with Gasteiger partial charge in [-0.3, -0.25) is 0 Å². The number of para-hydroxylation sites is 1. The molecular weight excluding hydrogens is 245 g/mol. The zero-order valence-corrected chi connectivity index (χ0v) is 11.0. The summed E-state index contributed by atoms with van der Waals surface area (Å²) in [5, 5.41) is 3.41. The molecule has 4 heteroatoms. The van der Waals surface area contributed by atoms with Crippen molar-refractivity contribution in [2.75, 3.05) is 13.2 Å². The second kappa shape index (κ2) is 5.88. The maximum absolute atomic E-state index is 14.0. The molecule has 0 unspecified atom stereocenters. The van der Waals surface area contributed by atoms with Crippen LogP contribution < -0.4 is 10.1 Å². The molecule has 19 heavy (non-hydrogen) atoms. The van der Waals surface area contributed by atoms with Gasteiger partial charge in [0.1, 0.15) is 6.10 Å². The van der Waals surface area contributed by atoms with Crippen molar-refractivity contribution >= 4 is 0 Å². The monoisotopic (exact) mass is 265 g/mol. The first-order valence-corrected chi connectivity index (χ1v) is 7.08. The maximum Gasteiger partial charge on any atom is 0.165 e. The van der Waals surface area contributed by atoms with Crippen LogP contribution in [0, 0.1) is 5.82 Å². The molecule has 0 bridgehead atoms. The van der Waals surface area contributed by atoms with Crippen molar-refractivity contribution < 1.29 is 13.9 Å². The number of halogens is 1. The van der Waals surface area contributed by atoms with Crippen LogP contribution in [-0.2, 0) is 11.3 Å². The highest BCUT2D eigenvalue weighted by molar-refractivity contribution is 5.35. The van der Waals surface area contributed by atoms with E-state index in [9.17, 15) is 4.39 Å². The quantitative estimate of drug-likeness (QED) is 0.887. The lowest BCUT2D eigenvalue weighted by molar-refractivity contribution is 0.0236. The van der Waals surface area contributed by atoms with Gasteiger partial charge >= 0.3 is 0 Å². The van der Waals surface area contributed by atoms with E-state index >= 15 is 0 Å². The van der Waals surface area contributed by atoms with E-state index in [0.29, 0.717) is 31.5 Å². The van der Waals surface area contributed by atoms with E-state index in [2.05, 4.69) is 5.32 Å². The molecule has 1 heterocycles. The summed E-state index contributed by atoms with van der Waals surface area (Å²) >= 11 is 0. The Morgan fingerprint density at radius 3 is 2.74 bits per heavy atom. The van der Waals surface area contributed by atoms with Gasteiger partial charge in [0.2, 0.25) is 0 Å². The van der Waals surface area contributed by atoms with Crippen LogP contribution in [0.5, 0.6) is 5.75 Å². The molecule has 0 amide bonds. The number of benzene rings is 1. The molecule has 2 fully saturated rings. The molecule has 1 saturated carbocycles. The van der Waals surface area contributed by atoms with Crippen molar-refractivity contribution in [1.29, 1.82) is 0 Å². The summed E-state index contributed by atoms with van der Waals surface area (Å²) in [6, 6.07) is 5.76. The average Bonchev–Trinajstić information content (AvgIpc) is 3.25. The van der Waals surface area contributed by atoms with Crippen molar-refractivity contribution in [3.05, 3.63) is 29.6 Å². The largest absolute Gasteiger partial charge is 0.487 e. The fraction of sp³-hybridized carbons (Fsp3) is 0.600. The molecule has 0 aromatic heterocycles. The normalized spacial score (nSPS) is 20.5. The van der Waals surface area contributed by atoms with Crippen LogP contribution in [0.15, 0.2) is 18.2 Å². The molecule has 0 spiro atoms. The zero-order valence-electron chi connectivity index (χ0n) is 11.0. The van der Waals surface area contributed by atoms with E-state index in [4.69, 9.17) is 9.47 Å². The average molecular weight is 265 g/mol. The van der Waals surface area contributed by atoms with Gasteiger partial charge in [0.05, 0.1) is 13.2 Å². The number of hydrogen-bond donors (Lipinski definition) is 1. The van der Waals surface area contributed by atoms with Gasteiger partial charge in [0.25, 0.3) is 0 Å². The van der Waals surface area contributed by atoms with Gasteiger partial charge in [0, 0.05) is 31.0 Å². The summed E-state index contributed by atoms with van der Waals surface area (Å²) in [6.07, 6.45) is 4.20. The third-order valence-electron chi connectivity index (χ3n) is 3.66. The van der Waals surface area contributed by atoms with Gasteiger partial charge in [-0.15, -0.1) is 0 Å². The second-order valence-electron chi connectivity index (χ2n) is 5.31. The molecule has 0 radical (unpaired) electrons. The van der Waals surface area contributed by atoms with Gasteiger partial charge in [-0.1, -0.05) is 12.1 Å². The predicted octanol–water partition coefficient (Wildman–Crippen LogP) is 2.64. The van der Waals surface area contributed by atoms with Crippen LogP contribution in [0.4, 0.5) is 4.39 Å². The molecule has 1 aliphatic carbocycles. The standard InChI is InChI=1S/C15H20FNO2/c16-14-3-1-2-11(10-17-12-4-5-12)15(14)19-13-6-8-18-9-7-13/h1-3,12-13,17H,4-10H2. The Bertz CT molecular complexity index is 428. The van der Waals surface area contributed by atoms with E-state index < -0.39 is 0 Å². The summed E-state index contributed by atoms with van der Waals surface area (Å²) < 4.78 is 25.1. The minimum Gasteiger partial charge on any atom is -0.487 e. The summed E-state index contributed by atoms with van der Waals surface area (Å²) in [6.45, 7) is 2.09. The van der Waals surface area contributed by atoms with E-state index in [1.165, 1.54) is 18.9 Å². The maximum atomic E-state index is 14.0. The minimum absolute atomic E-state index is 0.0744. The van der Waals surface area contributed by atoms with Crippen LogP contribution in [0.25, 0.3) is 0 Å². The Labute approximate surface area is 113 Å². The minimum atomic E-state index is -0.262. The number of rotatable bonds is 5. The first-order chi connectivity index (χ1) is 9.33. The van der Waals surface area contributed by atoms with Gasteiger partial charge < -0.3 is 14.8 Å². The van der Waals surface area contributed by atoms with E-state index in [0.717, 1.165) is 18.4 Å². The van der Waals surface area contributed by atoms with Crippen LogP contribution in [0.2, 0.25) is 0 Å². The molecule has 1 aromatic rings. The van der Waals surface area contributed by atoms with Crippen LogP contribution in [0.3, 0.4) is 0 Å². The third kappa shape index (κ3) is 3.45. The molecule has 104 valence electrons. The summed E-state index contributed by atoms with van der Waals surface area (Å²) in [7, 11) is 0. The van der Waals surface area contributed by atoms with E-state index in [1.807, 2.05) is 6.07 Å². The van der Waals surface area contributed by atoms with Crippen LogP contribution in [-0.4, -0.2) is 25.4 Å². The fourth-order valence-electron chi connectivity index (χ4n) is 2.33. The van der Waals surface area contributed by atoms with Crippen molar-refractivity contribution in [2.24, 2.45) is 0 Å². The number of ether oxygens (including phenoxy) is 2. The first-order valence-electron chi connectivity index (χ1n) is 7.08. The van der Waals surface area contributed by atoms with Gasteiger partial charge in [-0.05, 0) is 18.9 Å². The Morgan fingerprint density at radius 1 is 1.21 bits per heavy atom. The SMILES string of the molecule is Fc1cccc(CNC2CC2)c1OC1CCOCC1. The molecule has 1 N–H and O–H groups in total. The molecule has 0 atom stereocenters. The van der Waals surface area contributed by atoms with Crippen molar-refractivity contribution in [1.82, 2.24) is 5.32 Å². The highest BCUT2D eigenvalue weighted by Gasteiger charge is 2.22. The highest BCUT2D eigenvalue weighted by Crippen LogP contribution is 2.27. The second-order valence-corrected chi connectivity index (χ2v) is 5.31. The lowest BCUT2D eigenvalue weighted by atomic mass is 10.1. The van der Waals surface area contributed by atoms with Crippen molar-refractivity contribution in [3.63, 3.8) is 0 Å². The zero-order chi connectivity index (χ0) is 13.1. The highest BCUT2D eigenvalue weighted by atomic mass is 19.1. The molecule has 3 rings (SSSR count). The Morgan fingerprint density at radius 2 is 2.00 bits per heavy atom. The third-order valence-corrected chi connectivity index (χ3v) is 3.66. The van der Waals surface area contributed by atoms with E-state index in [-0.39, 0.29) is 11.9 Å². The molecule has 2 aliphatic rings. The first kappa shape index (κ1) is 12.9. The lowest BCUT2D eigenvalue weighted by Gasteiger charge is -2.24. The predicted molar refractivity (Wildman–Crippen MR) is 70.7 cm³/mol. The number of hydrogen-bond acceptors (Lipinski definition) is 3. The molecule has 3 nitrogen and oxygen atoms in total. The van der Waals surface area contributed by atoms with Gasteiger partial charge in [-0.2, -0.15) is 0 Å². The fourth-order valence-corrected chi connectivity index (χ4v) is 2.33. The summed E-state index contributed by atoms with van der Waals surface area (Å²) in [4.78, 5) is 0. The Hall–Kier alpha value is -1.13. The molecule has 1 aliphatic heterocycles. The van der Waals surface area contributed by atoms with Crippen molar-refractivity contribution in [2.45, 2.75) is 44.4 Å². The smallest absolute Gasteiger partial charge is 0.165 e. The lowest BCUT2D eigenvalue weighted by Crippen LogP contribution is -2.27. The van der Waals surface area contributed by atoms with Gasteiger partial charge in [-0.25, -0.2) is 4.39 Å². The van der Waals surface area contributed by atoms with Crippen molar-refractivity contribution in [3.8, 4) is 5.75 Å². The topological polar surface area (TPSA) is 30.5 Å². The Kier molecular flexibility index (Phi) is 3.99. The number of nitrogens with one attached hydrogen (secondary N) is 1. The molecular formula is C15H20FNO2. The van der Waals surface area contributed by atoms with Crippen LogP contribution in [0.1, 0.15) is 31.2 Å². The summed E-state index contributed by atoms with van der Waals surface area (Å²) in [5.41, 5.74) is 0.915. The molecule has 1 aromatic carbocycles. The Balaban J connectivity index is 1.69. The summed E-state index contributed by atoms with van der Waals surface area (Å²) in [5.74, 6) is 0.157. The van der Waals surface area contributed by atoms with E-state index in [1.54, 1.807) is 6.07 Å². The van der Waals surface area contributed by atoms with Crippen LogP contribution >= 0.6 is 0 Å². The molecule has 1 saturated heterocycles.